The van der Waals surface area contributed by atoms with E-state index in [2.05, 4.69) is 35.6 Å². The van der Waals surface area contributed by atoms with Crippen LogP contribution in [0.5, 0.6) is 0 Å². The number of aromatic nitrogens is 6. The van der Waals surface area contributed by atoms with Gasteiger partial charge in [-0.25, -0.2) is 9.97 Å². The molecule has 26 heavy (non-hydrogen) atoms. The third-order valence-electron chi connectivity index (χ3n) is 5.80. The van der Waals surface area contributed by atoms with E-state index in [-0.39, 0.29) is 5.95 Å². The molecule has 5 rings (SSSR count). The predicted octanol–water partition coefficient (Wildman–Crippen LogP) is 2.32. The minimum atomic E-state index is 0.271. The molecular weight excluding hydrogens is 328 g/mol. The van der Waals surface area contributed by atoms with Crippen molar-refractivity contribution in [3.63, 3.8) is 0 Å². The lowest BCUT2D eigenvalue weighted by molar-refractivity contribution is 0.270. The fourth-order valence-corrected chi connectivity index (χ4v) is 4.23. The number of H-pyrrole nitrogens is 1. The third-order valence-corrected chi connectivity index (χ3v) is 5.80. The van der Waals surface area contributed by atoms with E-state index in [1.54, 1.807) is 6.33 Å². The Morgan fingerprint density at radius 2 is 2.08 bits per heavy atom. The molecule has 4 heterocycles. The number of imidazole rings is 2. The van der Waals surface area contributed by atoms with E-state index in [1.807, 2.05) is 6.20 Å². The Labute approximate surface area is 151 Å². The van der Waals surface area contributed by atoms with Gasteiger partial charge in [-0.1, -0.05) is 6.42 Å². The second-order valence-corrected chi connectivity index (χ2v) is 7.53. The average molecular weight is 352 g/mol. The Morgan fingerprint density at radius 3 is 2.92 bits per heavy atom. The van der Waals surface area contributed by atoms with Crippen LogP contribution in [0.2, 0.25) is 0 Å². The van der Waals surface area contributed by atoms with Gasteiger partial charge in [0.05, 0.1) is 6.33 Å². The van der Waals surface area contributed by atoms with Gasteiger partial charge in [0.15, 0.2) is 11.5 Å². The molecule has 2 aliphatic rings. The number of nitrogens with one attached hydrogen (secondary N) is 1. The zero-order valence-corrected chi connectivity index (χ0v) is 14.8. The summed E-state index contributed by atoms with van der Waals surface area (Å²) in [6, 6.07) is 0. The third kappa shape index (κ3) is 2.69. The predicted molar refractivity (Wildman–Crippen MR) is 99.9 cm³/mol. The standard InChI is InChI=1S/C18H24N8/c19-18-23-15-14(21-11-22-15)17(24-18)25-7-2-5-13(10-25)16-20-6-8-26(16)9-12-3-1-4-12/h6,8,11-13H,1-5,7,9-10H2,(H3,19,21,22,23,24). The van der Waals surface area contributed by atoms with E-state index in [4.69, 9.17) is 10.7 Å². The van der Waals surface area contributed by atoms with Gasteiger partial charge in [0.25, 0.3) is 0 Å². The van der Waals surface area contributed by atoms with Crippen LogP contribution < -0.4 is 10.6 Å². The normalized spacial score (nSPS) is 21.2. The van der Waals surface area contributed by atoms with Gasteiger partial charge in [-0.15, -0.1) is 0 Å². The summed E-state index contributed by atoms with van der Waals surface area (Å²) in [7, 11) is 0. The van der Waals surface area contributed by atoms with Crippen molar-refractivity contribution < 1.29 is 0 Å². The van der Waals surface area contributed by atoms with Crippen LogP contribution in [0.25, 0.3) is 11.2 Å². The number of piperidine rings is 1. The molecule has 2 fully saturated rings. The van der Waals surface area contributed by atoms with Gasteiger partial charge in [-0.2, -0.15) is 9.97 Å². The number of nitrogen functional groups attached to an aromatic ring is 1. The van der Waals surface area contributed by atoms with Crippen LogP contribution >= 0.6 is 0 Å². The van der Waals surface area contributed by atoms with E-state index < -0.39 is 0 Å². The first-order valence-electron chi connectivity index (χ1n) is 9.50. The summed E-state index contributed by atoms with van der Waals surface area (Å²) < 4.78 is 2.37. The molecule has 8 nitrogen and oxygen atoms in total. The average Bonchev–Trinajstić information content (AvgIpc) is 3.26. The number of rotatable bonds is 4. The van der Waals surface area contributed by atoms with Gasteiger partial charge in [0, 0.05) is 37.9 Å². The summed E-state index contributed by atoms with van der Waals surface area (Å²) >= 11 is 0. The monoisotopic (exact) mass is 352 g/mol. The lowest BCUT2D eigenvalue weighted by Crippen LogP contribution is -2.36. The zero-order valence-electron chi connectivity index (χ0n) is 14.8. The van der Waals surface area contributed by atoms with Crippen molar-refractivity contribution in [3.8, 4) is 0 Å². The van der Waals surface area contributed by atoms with Crippen molar-refractivity contribution in [2.75, 3.05) is 23.7 Å². The highest BCUT2D eigenvalue weighted by Crippen LogP contribution is 2.33. The van der Waals surface area contributed by atoms with Crippen molar-refractivity contribution in [2.45, 2.75) is 44.6 Å². The second kappa shape index (κ2) is 6.26. The molecule has 0 radical (unpaired) electrons. The molecule has 1 saturated carbocycles. The van der Waals surface area contributed by atoms with Crippen LogP contribution in [0.1, 0.15) is 43.8 Å². The van der Waals surface area contributed by atoms with Crippen molar-refractivity contribution in [1.82, 2.24) is 29.5 Å². The molecule has 3 N–H and O–H groups in total. The summed E-state index contributed by atoms with van der Waals surface area (Å²) in [5, 5.41) is 0. The summed E-state index contributed by atoms with van der Waals surface area (Å²) in [5.74, 6) is 3.58. The highest BCUT2D eigenvalue weighted by Gasteiger charge is 2.28. The molecule has 1 saturated heterocycles. The first-order valence-corrected chi connectivity index (χ1v) is 9.50. The minimum Gasteiger partial charge on any atom is -0.368 e. The molecule has 0 spiro atoms. The van der Waals surface area contributed by atoms with E-state index in [0.29, 0.717) is 11.6 Å². The number of aromatic amines is 1. The van der Waals surface area contributed by atoms with Crippen molar-refractivity contribution >= 4 is 22.9 Å². The zero-order chi connectivity index (χ0) is 17.5. The number of nitrogens with two attached hydrogens (primary N) is 1. The van der Waals surface area contributed by atoms with Gasteiger partial charge >= 0.3 is 0 Å². The molecule has 3 aromatic heterocycles. The molecule has 0 bridgehead atoms. The summed E-state index contributed by atoms with van der Waals surface area (Å²) in [5.41, 5.74) is 7.39. The molecule has 136 valence electrons. The minimum absolute atomic E-state index is 0.271. The van der Waals surface area contributed by atoms with E-state index in [0.717, 1.165) is 49.7 Å². The van der Waals surface area contributed by atoms with Gasteiger partial charge in [-0.3, -0.25) is 0 Å². The first kappa shape index (κ1) is 15.6. The van der Waals surface area contributed by atoms with Crippen LogP contribution in [-0.2, 0) is 6.54 Å². The first-order chi connectivity index (χ1) is 12.8. The van der Waals surface area contributed by atoms with Gasteiger partial charge < -0.3 is 20.2 Å². The van der Waals surface area contributed by atoms with E-state index in [9.17, 15) is 0 Å². The highest BCUT2D eigenvalue weighted by atomic mass is 15.2. The maximum atomic E-state index is 5.90. The van der Waals surface area contributed by atoms with E-state index in [1.165, 1.54) is 25.1 Å². The van der Waals surface area contributed by atoms with Gasteiger partial charge in [0.2, 0.25) is 5.95 Å². The lowest BCUT2D eigenvalue weighted by Gasteiger charge is -2.34. The summed E-state index contributed by atoms with van der Waals surface area (Å²) in [6.07, 6.45) is 12.1. The molecule has 0 aromatic carbocycles. The fraction of sp³-hybridized carbons (Fsp3) is 0.556. The highest BCUT2D eigenvalue weighted by molar-refractivity contribution is 5.84. The van der Waals surface area contributed by atoms with Gasteiger partial charge in [0.1, 0.15) is 11.3 Å². The Bertz CT molecular complexity index is 909. The Morgan fingerprint density at radius 1 is 1.15 bits per heavy atom. The SMILES string of the molecule is Nc1nc(N2CCCC(c3nccn3CC3CCC3)C2)c2[nH]cnc2n1. The Hall–Kier alpha value is -2.64. The lowest BCUT2D eigenvalue weighted by atomic mass is 9.85. The molecule has 1 aliphatic heterocycles. The van der Waals surface area contributed by atoms with Crippen LogP contribution in [0.3, 0.4) is 0 Å². The molecule has 1 aliphatic carbocycles. The Kier molecular flexibility index (Phi) is 3.76. The topological polar surface area (TPSA) is 102 Å². The number of hydrogen-bond acceptors (Lipinski definition) is 6. The Balaban J connectivity index is 1.41. The van der Waals surface area contributed by atoms with E-state index >= 15 is 0 Å². The van der Waals surface area contributed by atoms with Crippen LogP contribution in [0.15, 0.2) is 18.7 Å². The molecule has 8 heteroatoms. The van der Waals surface area contributed by atoms with Crippen LogP contribution in [0.4, 0.5) is 11.8 Å². The number of anilines is 2. The second-order valence-electron chi connectivity index (χ2n) is 7.53. The molecule has 0 amide bonds. The van der Waals surface area contributed by atoms with Crippen molar-refractivity contribution in [1.29, 1.82) is 0 Å². The number of fused-ring (bicyclic) bond motifs is 1. The van der Waals surface area contributed by atoms with Crippen LogP contribution in [-0.4, -0.2) is 42.6 Å². The van der Waals surface area contributed by atoms with Gasteiger partial charge in [-0.05, 0) is 31.6 Å². The molecule has 3 aromatic rings. The summed E-state index contributed by atoms with van der Waals surface area (Å²) in [6.45, 7) is 2.97. The smallest absolute Gasteiger partial charge is 0.224 e. The van der Waals surface area contributed by atoms with Crippen molar-refractivity contribution in [3.05, 3.63) is 24.5 Å². The largest absolute Gasteiger partial charge is 0.368 e. The molecular formula is C18H24N8. The van der Waals surface area contributed by atoms with Crippen molar-refractivity contribution in [2.24, 2.45) is 5.92 Å². The van der Waals surface area contributed by atoms with Crippen LogP contribution in [0, 0.1) is 5.92 Å². The summed E-state index contributed by atoms with van der Waals surface area (Å²) in [4.78, 5) is 23.1. The number of hydrogen-bond donors (Lipinski definition) is 2. The quantitative estimate of drug-likeness (QED) is 0.747. The molecule has 1 unspecified atom stereocenters. The number of nitrogens with zero attached hydrogens (tertiary/aromatic N) is 6. The maximum absolute atomic E-state index is 5.90. The molecule has 1 atom stereocenters. The fourth-order valence-electron chi connectivity index (χ4n) is 4.23. The maximum Gasteiger partial charge on any atom is 0.224 e.